The van der Waals surface area contributed by atoms with Crippen molar-refractivity contribution in [2.45, 2.75) is 42.5 Å². The molecule has 2 fully saturated rings. The van der Waals surface area contributed by atoms with Gasteiger partial charge in [-0.05, 0) is 55.4 Å². The summed E-state index contributed by atoms with van der Waals surface area (Å²) >= 11 is 0. The molecule has 8 nitrogen and oxygen atoms in total. The summed E-state index contributed by atoms with van der Waals surface area (Å²) in [5.74, 6) is -0.800. The van der Waals surface area contributed by atoms with Gasteiger partial charge in [-0.2, -0.15) is 18.2 Å². The highest BCUT2D eigenvalue weighted by Crippen LogP contribution is 2.47. The molecule has 2 aromatic rings. The molecular weight excluding hydrogens is 425 g/mol. The lowest BCUT2D eigenvalue weighted by Gasteiger charge is -2.28. The van der Waals surface area contributed by atoms with Gasteiger partial charge in [0.15, 0.2) is 0 Å². The molecule has 1 aromatic carbocycles. The van der Waals surface area contributed by atoms with Gasteiger partial charge in [0, 0.05) is 11.9 Å². The lowest BCUT2D eigenvalue weighted by atomic mass is 9.95. The summed E-state index contributed by atoms with van der Waals surface area (Å²) in [6.45, 7) is 0. The quantitative estimate of drug-likeness (QED) is 0.646. The number of benzene rings is 1. The number of hydrogen-bond donors (Lipinski definition) is 3. The van der Waals surface area contributed by atoms with Gasteiger partial charge in [0.25, 0.3) is 0 Å². The summed E-state index contributed by atoms with van der Waals surface area (Å²) in [5, 5.41) is 18.0. The highest BCUT2D eigenvalue weighted by Gasteiger charge is 2.49. The zero-order chi connectivity index (χ0) is 21.7. The number of anilines is 2. The molecule has 2 aliphatic carbocycles. The first-order valence-corrected chi connectivity index (χ1v) is 10.8. The van der Waals surface area contributed by atoms with Gasteiger partial charge in [-0.1, -0.05) is 0 Å². The largest absolute Gasteiger partial charge is 0.471 e. The van der Waals surface area contributed by atoms with Crippen LogP contribution in [-0.2, 0) is 16.2 Å². The Hall–Kier alpha value is -2.44. The second kappa shape index (κ2) is 7.36. The van der Waals surface area contributed by atoms with Crippen LogP contribution in [0.5, 0.6) is 5.88 Å². The van der Waals surface area contributed by atoms with Crippen LogP contribution >= 0.6 is 0 Å². The highest BCUT2D eigenvalue weighted by molar-refractivity contribution is 7.89. The zero-order valence-electron chi connectivity index (χ0n) is 15.5. The summed E-state index contributed by atoms with van der Waals surface area (Å²) in [7, 11) is -3.87. The fourth-order valence-electron chi connectivity index (χ4n) is 4.07. The number of nitrogens with zero attached hydrogens (tertiary/aromatic N) is 2. The Balaban J connectivity index is 1.60. The standard InChI is InChI=1S/C18H19F3N4O4S/c19-18(20,21)13-8-23-17(24-11-3-5-12(6-4-11)30(22,27)28)25-16(13)29-15-10-2-1-9(7-10)14(15)26/h3-6,8-10,14-15,26H,1-2,7H2,(H2,22,27,28)(H,23,24,25). The average molecular weight is 444 g/mol. The minimum Gasteiger partial charge on any atom is -0.471 e. The van der Waals surface area contributed by atoms with E-state index >= 15 is 0 Å². The van der Waals surface area contributed by atoms with E-state index in [1.54, 1.807) is 0 Å². The first-order valence-electron chi connectivity index (χ1n) is 9.21. The van der Waals surface area contributed by atoms with Gasteiger partial charge in [0.2, 0.25) is 21.9 Å². The van der Waals surface area contributed by atoms with Crippen LogP contribution in [0.15, 0.2) is 35.4 Å². The number of nitrogens with one attached hydrogen (secondary N) is 1. The number of ether oxygens (including phenoxy) is 1. The van der Waals surface area contributed by atoms with Gasteiger partial charge >= 0.3 is 6.18 Å². The van der Waals surface area contributed by atoms with E-state index in [1.807, 2.05) is 0 Å². The number of primary sulfonamides is 1. The Kier molecular flexibility index (Phi) is 5.11. The molecule has 2 aliphatic rings. The lowest BCUT2D eigenvalue weighted by molar-refractivity contribution is -0.140. The third-order valence-electron chi connectivity index (χ3n) is 5.54. The number of rotatable bonds is 5. The molecule has 4 N–H and O–H groups in total. The van der Waals surface area contributed by atoms with E-state index in [-0.39, 0.29) is 22.7 Å². The molecule has 4 rings (SSSR count). The van der Waals surface area contributed by atoms with Gasteiger partial charge in [0.1, 0.15) is 11.7 Å². The van der Waals surface area contributed by atoms with Gasteiger partial charge in [-0.15, -0.1) is 0 Å². The Morgan fingerprint density at radius 2 is 1.83 bits per heavy atom. The van der Waals surface area contributed by atoms with E-state index in [9.17, 15) is 26.7 Å². The van der Waals surface area contributed by atoms with E-state index < -0.39 is 39.9 Å². The number of fused-ring (bicyclic) bond motifs is 2. The van der Waals surface area contributed by atoms with Crippen LogP contribution in [0.1, 0.15) is 24.8 Å². The van der Waals surface area contributed by atoms with Crippen LogP contribution in [0, 0.1) is 11.8 Å². The van der Waals surface area contributed by atoms with E-state index in [4.69, 9.17) is 9.88 Å². The van der Waals surface area contributed by atoms with Crippen LogP contribution in [-0.4, -0.2) is 35.7 Å². The molecule has 2 saturated carbocycles. The molecule has 0 radical (unpaired) electrons. The van der Waals surface area contributed by atoms with Crippen molar-refractivity contribution in [3.05, 3.63) is 36.0 Å². The fourth-order valence-corrected chi connectivity index (χ4v) is 4.59. The van der Waals surface area contributed by atoms with E-state index in [0.717, 1.165) is 19.3 Å². The predicted octanol–water partition coefficient (Wildman–Crippen LogP) is 2.42. The second-order valence-electron chi connectivity index (χ2n) is 7.51. The predicted molar refractivity (Wildman–Crippen MR) is 99.4 cm³/mol. The maximum absolute atomic E-state index is 13.4. The Labute approximate surface area is 170 Å². The van der Waals surface area contributed by atoms with Crippen molar-refractivity contribution in [3.63, 3.8) is 0 Å². The fraction of sp³-hybridized carbons (Fsp3) is 0.444. The normalized spacial score (nSPS) is 26.0. The summed E-state index contributed by atoms with van der Waals surface area (Å²) in [5.41, 5.74) is -0.791. The highest BCUT2D eigenvalue weighted by atomic mass is 32.2. The van der Waals surface area contributed by atoms with Gasteiger partial charge < -0.3 is 15.2 Å². The molecule has 0 amide bonds. The molecule has 0 spiro atoms. The van der Waals surface area contributed by atoms with E-state index in [2.05, 4.69) is 15.3 Å². The van der Waals surface area contributed by atoms with Crippen molar-refractivity contribution in [1.82, 2.24) is 9.97 Å². The maximum Gasteiger partial charge on any atom is 0.423 e. The van der Waals surface area contributed by atoms with Gasteiger partial charge in [-0.3, -0.25) is 0 Å². The third-order valence-corrected chi connectivity index (χ3v) is 6.47. The van der Waals surface area contributed by atoms with Crippen molar-refractivity contribution in [2.24, 2.45) is 17.0 Å². The van der Waals surface area contributed by atoms with Crippen molar-refractivity contribution in [3.8, 4) is 5.88 Å². The molecule has 2 bridgehead atoms. The number of aromatic nitrogens is 2. The number of aliphatic hydroxyl groups is 1. The Morgan fingerprint density at radius 1 is 1.17 bits per heavy atom. The number of aliphatic hydroxyl groups excluding tert-OH is 1. The minimum atomic E-state index is -4.73. The van der Waals surface area contributed by atoms with Gasteiger partial charge in [0.05, 0.1) is 11.0 Å². The Morgan fingerprint density at radius 3 is 2.40 bits per heavy atom. The lowest BCUT2D eigenvalue weighted by Crippen LogP contribution is -2.37. The molecule has 4 unspecified atom stereocenters. The number of hydrogen-bond acceptors (Lipinski definition) is 7. The molecule has 162 valence electrons. The van der Waals surface area contributed by atoms with Gasteiger partial charge in [-0.25, -0.2) is 18.5 Å². The molecule has 0 aliphatic heterocycles. The third kappa shape index (κ3) is 4.07. The van der Waals surface area contributed by atoms with E-state index in [0.29, 0.717) is 11.9 Å². The minimum absolute atomic E-state index is 0.0109. The van der Waals surface area contributed by atoms with Crippen molar-refractivity contribution >= 4 is 21.7 Å². The van der Waals surface area contributed by atoms with Crippen LogP contribution in [0.4, 0.5) is 24.8 Å². The maximum atomic E-state index is 13.4. The van der Waals surface area contributed by atoms with Crippen LogP contribution in [0.3, 0.4) is 0 Å². The number of alkyl halides is 3. The summed E-state index contributed by atoms with van der Waals surface area (Å²) < 4.78 is 68.4. The van der Waals surface area contributed by atoms with Crippen LogP contribution in [0.2, 0.25) is 0 Å². The molecule has 30 heavy (non-hydrogen) atoms. The number of halogens is 3. The molecule has 1 heterocycles. The summed E-state index contributed by atoms with van der Waals surface area (Å²) in [6, 6.07) is 5.23. The molecule has 4 atom stereocenters. The first-order chi connectivity index (χ1) is 14.0. The van der Waals surface area contributed by atoms with Crippen LogP contribution in [0.25, 0.3) is 0 Å². The molecule has 0 saturated heterocycles. The second-order valence-corrected chi connectivity index (χ2v) is 9.07. The summed E-state index contributed by atoms with van der Waals surface area (Å²) in [6.07, 6.45) is -3.34. The number of nitrogens with two attached hydrogens (primary N) is 1. The monoisotopic (exact) mass is 444 g/mol. The smallest absolute Gasteiger partial charge is 0.423 e. The Bertz CT molecular complexity index is 1040. The summed E-state index contributed by atoms with van der Waals surface area (Å²) in [4.78, 5) is 7.44. The SMILES string of the molecule is NS(=O)(=O)c1ccc(Nc2ncc(C(F)(F)F)c(OC3C4CCC(C4)C3O)n2)cc1. The van der Waals surface area contributed by atoms with Crippen molar-refractivity contribution in [1.29, 1.82) is 0 Å². The topological polar surface area (TPSA) is 127 Å². The van der Waals surface area contributed by atoms with Crippen LogP contribution < -0.4 is 15.2 Å². The molecule has 12 heteroatoms. The molecular formula is C18H19F3N4O4S. The van der Waals surface area contributed by atoms with Crippen molar-refractivity contribution in [2.75, 3.05) is 5.32 Å². The molecule has 1 aromatic heterocycles. The van der Waals surface area contributed by atoms with E-state index in [1.165, 1.54) is 24.3 Å². The van der Waals surface area contributed by atoms with Crippen molar-refractivity contribution < 1.29 is 31.4 Å². The number of sulfonamides is 1. The average Bonchev–Trinajstić information content (AvgIpc) is 3.24. The first kappa shape index (κ1) is 20.8. The zero-order valence-corrected chi connectivity index (χ0v) is 16.3.